The second kappa shape index (κ2) is 7.64. The van der Waals surface area contributed by atoms with Crippen molar-refractivity contribution in [2.75, 3.05) is 6.61 Å². The normalized spacial score (nSPS) is 10.6. The maximum Gasteiger partial charge on any atom is 0.313 e. The van der Waals surface area contributed by atoms with Crippen molar-refractivity contribution < 1.29 is 13.9 Å². The molecule has 0 N–H and O–H groups in total. The first kappa shape index (κ1) is 16.8. The van der Waals surface area contributed by atoms with Crippen LogP contribution >= 0.6 is 0 Å². The largest absolute Gasteiger partial charge is 0.466 e. The lowest BCUT2D eigenvalue weighted by Crippen LogP contribution is -2.09. The minimum atomic E-state index is -0.338. The lowest BCUT2D eigenvalue weighted by atomic mass is 9.96. The van der Waals surface area contributed by atoms with Crippen LogP contribution in [-0.2, 0) is 22.4 Å². The summed E-state index contributed by atoms with van der Waals surface area (Å²) in [5, 5.41) is 9.60. The van der Waals surface area contributed by atoms with Gasteiger partial charge in [-0.2, -0.15) is 5.26 Å². The standard InChI is InChI=1S/C19H21NO3/c1-4-22-18(21)11-17-15(10-13(2)3)16(12-20)19(23-17)14-8-6-5-7-9-14/h5-9,13H,4,10-11H2,1-3H3. The zero-order valence-corrected chi connectivity index (χ0v) is 13.8. The van der Waals surface area contributed by atoms with Gasteiger partial charge in [-0.3, -0.25) is 4.79 Å². The second-order valence-corrected chi connectivity index (χ2v) is 5.77. The van der Waals surface area contributed by atoms with Gasteiger partial charge in [0, 0.05) is 11.1 Å². The van der Waals surface area contributed by atoms with Crippen molar-refractivity contribution in [3.63, 3.8) is 0 Å². The maximum atomic E-state index is 11.8. The lowest BCUT2D eigenvalue weighted by Gasteiger charge is -2.06. The summed E-state index contributed by atoms with van der Waals surface area (Å²) in [7, 11) is 0. The molecule has 23 heavy (non-hydrogen) atoms. The summed E-state index contributed by atoms with van der Waals surface area (Å²) in [6.45, 7) is 6.25. The molecular weight excluding hydrogens is 290 g/mol. The molecular formula is C19H21NO3. The van der Waals surface area contributed by atoms with E-state index in [0.717, 1.165) is 11.1 Å². The van der Waals surface area contributed by atoms with Crippen LogP contribution in [0.3, 0.4) is 0 Å². The highest BCUT2D eigenvalue weighted by Gasteiger charge is 2.23. The van der Waals surface area contributed by atoms with Crippen molar-refractivity contribution in [1.82, 2.24) is 0 Å². The van der Waals surface area contributed by atoms with E-state index < -0.39 is 0 Å². The van der Waals surface area contributed by atoms with Crippen LogP contribution in [0.1, 0.15) is 37.7 Å². The van der Waals surface area contributed by atoms with Gasteiger partial charge in [0.05, 0.1) is 6.61 Å². The third kappa shape index (κ3) is 4.01. The van der Waals surface area contributed by atoms with Gasteiger partial charge in [0.25, 0.3) is 0 Å². The number of hydrogen-bond donors (Lipinski definition) is 0. The third-order valence-corrected chi connectivity index (χ3v) is 3.46. The molecule has 0 saturated carbocycles. The van der Waals surface area contributed by atoms with Crippen molar-refractivity contribution >= 4 is 5.97 Å². The van der Waals surface area contributed by atoms with Crippen molar-refractivity contribution in [2.24, 2.45) is 5.92 Å². The van der Waals surface area contributed by atoms with Gasteiger partial charge < -0.3 is 9.15 Å². The van der Waals surface area contributed by atoms with Crippen LogP contribution in [0.15, 0.2) is 34.7 Å². The average Bonchev–Trinajstić information content (AvgIpc) is 2.85. The van der Waals surface area contributed by atoms with E-state index in [0.29, 0.717) is 36.0 Å². The fraction of sp³-hybridized carbons (Fsp3) is 0.368. The van der Waals surface area contributed by atoms with Gasteiger partial charge in [-0.1, -0.05) is 44.2 Å². The molecule has 0 amide bonds. The quantitative estimate of drug-likeness (QED) is 0.753. The Morgan fingerprint density at radius 3 is 2.57 bits per heavy atom. The summed E-state index contributed by atoms with van der Waals surface area (Å²) in [5.41, 5.74) is 2.17. The summed E-state index contributed by atoms with van der Waals surface area (Å²) in [4.78, 5) is 11.8. The summed E-state index contributed by atoms with van der Waals surface area (Å²) in [6.07, 6.45) is 0.741. The van der Waals surface area contributed by atoms with Crippen LogP contribution in [0.25, 0.3) is 11.3 Å². The Labute approximate surface area is 136 Å². The third-order valence-electron chi connectivity index (χ3n) is 3.46. The average molecular weight is 311 g/mol. The molecule has 0 aliphatic carbocycles. The number of carbonyl (C=O) groups is 1. The molecule has 0 radical (unpaired) electrons. The molecule has 1 aromatic carbocycles. The lowest BCUT2D eigenvalue weighted by molar-refractivity contribution is -0.142. The monoisotopic (exact) mass is 311 g/mol. The molecule has 2 rings (SSSR count). The van der Waals surface area contributed by atoms with Gasteiger partial charge in [-0.25, -0.2) is 0 Å². The Bertz CT molecular complexity index is 708. The van der Waals surface area contributed by atoms with E-state index in [1.54, 1.807) is 6.92 Å². The fourth-order valence-electron chi connectivity index (χ4n) is 2.53. The van der Waals surface area contributed by atoms with E-state index in [-0.39, 0.29) is 12.4 Å². The summed E-state index contributed by atoms with van der Waals surface area (Å²) in [6, 6.07) is 11.7. The van der Waals surface area contributed by atoms with Crippen molar-refractivity contribution in [1.29, 1.82) is 5.26 Å². The predicted molar refractivity (Wildman–Crippen MR) is 87.7 cm³/mol. The first-order chi connectivity index (χ1) is 11.1. The molecule has 0 aliphatic rings. The van der Waals surface area contributed by atoms with Crippen LogP contribution in [0.5, 0.6) is 0 Å². The van der Waals surface area contributed by atoms with Crippen molar-refractivity contribution in [3.8, 4) is 17.4 Å². The Kier molecular flexibility index (Phi) is 5.59. The highest BCUT2D eigenvalue weighted by molar-refractivity contribution is 5.75. The van der Waals surface area contributed by atoms with Gasteiger partial charge in [0.1, 0.15) is 23.8 Å². The second-order valence-electron chi connectivity index (χ2n) is 5.77. The molecule has 1 aromatic heterocycles. The smallest absolute Gasteiger partial charge is 0.313 e. The summed E-state index contributed by atoms with van der Waals surface area (Å²) >= 11 is 0. The molecule has 0 unspecified atom stereocenters. The number of carbonyl (C=O) groups excluding carboxylic acids is 1. The van der Waals surface area contributed by atoms with Gasteiger partial charge in [-0.05, 0) is 19.3 Å². The molecule has 4 heteroatoms. The summed E-state index contributed by atoms with van der Waals surface area (Å²) in [5.74, 6) is 1.08. The molecule has 2 aromatic rings. The number of benzene rings is 1. The molecule has 0 bridgehead atoms. The SMILES string of the molecule is CCOC(=O)Cc1oc(-c2ccccc2)c(C#N)c1CC(C)C. The molecule has 4 nitrogen and oxygen atoms in total. The molecule has 0 fully saturated rings. The van der Waals surface area contributed by atoms with Crippen LogP contribution in [0, 0.1) is 17.2 Å². The van der Waals surface area contributed by atoms with Crippen molar-refractivity contribution in [2.45, 2.75) is 33.6 Å². The molecule has 0 aliphatic heterocycles. The number of ether oxygens (including phenoxy) is 1. The number of rotatable bonds is 6. The van der Waals surface area contributed by atoms with E-state index in [1.807, 2.05) is 30.3 Å². The first-order valence-electron chi connectivity index (χ1n) is 7.82. The predicted octanol–water partition coefficient (Wildman–Crippen LogP) is 4.12. The highest BCUT2D eigenvalue weighted by atomic mass is 16.5. The number of nitrogens with zero attached hydrogens (tertiary/aromatic N) is 1. The fourth-order valence-corrected chi connectivity index (χ4v) is 2.53. The zero-order valence-electron chi connectivity index (χ0n) is 13.8. The Hall–Kier alpha value is -2.54. The van der Waals surface area contributed by atoms with Crippen LogP contribution in [0.4, 0.5) is 0 Å². The first-order valence-corrected chi connectivity index (χ1v) is 7.82. The number of nitriles is 1. The van der Waals surface area contributed by atoms with Crippen molar-refractivity contribution in [3.05, 3.63) is 47.2 Å². The van der Waals surface area contributed by atoms with E-state index in [1.165, 1.54) is 0 Å². The van der Waals surface area contributed by atoms with Gasteiger partial charge in [0.2, 0.25) is 0 Å². The van der Waals surface area contributed by atoms with Gasteiger partial charge in [0.15, 0.2) is 5.76 Å². The van der Waals surface area contributed by atoms with E-state index >= 15 is 0 Å². The Morgan fingerprint density at radius 1 is 1.30 bits per heavy atom. The molecule has 0 atom stereocenters. The molecule has 0 saturated heterocycles. The maximum absolute atomic E-state index is 11.8. The number of esters is 1. The van der Waals surface area contributed by atoms with Crippen LogP contribution in [0.2, 0.25) is 0 Å². The highest BCUT2D eigenvalue weighted by Crippen LogP contribution is 2.33. The van der Waals surface area contributed by atoms with E-state index in [2.05, 4.69) is 19.9 Å². The van der Waals surface area contributed by atoms with Gasteiger partial charge in [-0.15, -0.1) is 0 Å². The molecule has 1 heterocycles. The molecule has 120 valence electrons. The van der Waals surface area contributed by atoms with E-state index in [9.17, 15) is 10.1 Å². The van der Waals surface area contributed by atoms with Crippen LogP contribution in [-0.4, -0.2) is 12.6 Å². The topological polar surface area (TPSA) is 63.2 Å². The van der Waals surface area contributed by atoms with Gasteiger partial charge >= 0.3 is 5.97 Å². The minimum Gasteiger partial charge on any atom is -0.466 e. The number of hydrogen-bond acceptors (Lipinski definition) is 4. The zero-order chi connectivity index (χ0) is 16.8. The Balaban J connectivity index is 2.50. The summed E-state index contributed by atoms with van der Waals surface area (Å²) < 4.78 is 10.9. The van der Waals surface area contributed by atoms with Crippen LogP contribution < -0.4 is 0 Å². The minimum absolute atomic E-state index is 0.0530. The number of furan rings is 1. The molecule has 0 spiro atoms. The van der Waals surface area contributed by atoms with E-state index in [4.69, 9.17) is 9.15 Å². The Morgan fingerprint density at radius 2 is 2.00 bits per heavy atom.